The zero-order chi connectivity index (χ0) is 20.8. The largest absolute Gasteiger partial charge is 0.493 e. The number of ether oxygens (including phenoxy) is 4. The van der Waals surface area contributed by atoms with Gasteiger partial charge in [0.1, 0.15) is 0 Å². The molecule has 0 saturated carbocycles. The maximum Gasteiger partial charge on any atom is 0.241 e. The number of hydrogen-bond donors (Lipinski definition) is 1. The van der Waals surface area contributed by atoms with E-state index in [-0.39, 0.29) is 11.9 Å². The monoisotopic (exact) mass is 400 g/mol. The van der Waals surface area contributed by atoms with Gasteiger partial charge in [-0.2, -0.15) is 0 Å². The summed E-state index contributed by atoms with van der Waals surface area (Å²) in [6.07, 6.45) is 1.81. The minimum absolute atomic E-state index is 0.0183. The molecule has 3 rings (SSSR count). The number of rotatable bonds is 8. The molecule has 156 valence electrons. The zero-order valence-corrected chi connectivity index (χ0v) is 17.4. The molecule has 7 heteroatoms. The predicted molar refractivity (Wildman–Crippen MR) is 111 cm³/mol. The average molecular weight is 400 g/mol. The normalized spacial score (nSPS) is 16.3. The smallest absolute Gasteiger partial charge is 0.241 e. The highest BCUT2D eigenvalue weighted by molar-refractivity contribution is 5.95. The highest BCUT2D eigenvalue weighted by atomic mass is 16.5. The molecule has 1 amide bonds. The summed E-state index contributed by atoms with van der Waals surface area (Å²) in [5, 5.41) is 3.01. The van der Waals surface area contributed by atoms with Crippen LogP contribution < -0.4 is 24.3 Å². The van der Waals surface area contributed by atoms with Crippen molar-refractivity contribution in [1.29, 1.82) is 0 Å². The molecular weight excluding hydrogens is 372 g/mol. The van der Waals surface area contributed by atoms with Gasteiger partial charge < -0.3 is 24.3 Å². The van der Waals surface area contributed by atoms with Crippen molar-refractivity contribution in [2.45, 2.75) is 25.4 Å². The van der Waals surface area contributed by atoms with E-state index < -0.39 is 0 Å². The van der Waals surface area contributed by atoms with Crippen LogP contribution in [0.4, 0.5) is 5.69 Å². The van der Waals surface area contributed by atoms with Gasteiger partial charge in [0.2, 0.25) is 5.91 Å². The van der Waals surface area contributed by atoms with Gasteiger partial charge in [0.05, 0.1) is 34.5 Å². The highest BCUT2D eigenvalue weighted by Crippen LogP contribution is 2.31. The quantitative estimate of drug-likeness (QED) is 0.733. The maximum atomic E-state index is 12.9. The third-order valence-corrected chi connectivity index (χ3v) is 5.15. The molecule has 0 aromatic heterocycles. The second-order valence-electron chi connectivity index (χ2n) is 6.88. The van der Waals surface area contributed by atoms with Crippen LogP contribution in [0.3, 0.4) is 0 Å². The second-order valence-corrected chi connectivity index (χ2v) is 6.88. The predicted octanol–water partition coefficient (Wildman–Crippen LogP) is 3.32. The van der Waals surface area contributed by atoms with Gasteiger partial charge in [-0.05, 0) is 49.2 Å². The molecule has 0 bridgehead atoms. The number of hydrogen-bond acceptors (Lipinski definition) is 6. The Morgan fingerprint density at radius 2 is 1.55 bits per heavy atom. The van der Waals surface area contributed by atoms with Crippen molar-refractivity contribution in [1.82, 2.24) is 4.90 Å². The molecule has 7 nitrogen and oxygen atoms in total. The Bertz CT molecular complexity index is 855. The number of nitrogens with one attached hydrogen (secondary N) is 1. The first kappa shape index (κ1) is 20.8. The van der Waals surface area contributed by atoms with Gasteiger partial charge in [0, 0.05) is 18.3 Å². The number of benzene rings is 2. The van der Waals surface area contributed by atoms with Crippen LogP contribution in [0.25, 0.3) is 0 Å². The van der Waals surface area contributed by atoms with Gasteiger partial charge in [0.15, 0.2) is 23.0 Å². The maximum absolute atomic E-state index is 12.9. The summed E-state index contributed by atoms with van der Waals surface area (Å²) in [6, 6.07) is 11.0. The fraction of sp³-hybridized carbons (Fsp3) is 0.409. The topological polar surface area (TPSA) is 69.3 Å². The molecule has 0 unspecified atom stereocenters. The zero-order valence-electron chi connectivity index (χ0n) is 17.4. The van der Waals surface area contributed by atoms with Crippen LogP contribution in [0.2, 0.25) is 0 Å². The van der Waals surface area contributed by atoms with Crippen molar-refractivity contribution < 1.29 is 23.7 Å². The highest BCUT2D eigenvalue weighted by Gasteiger charge is 2.31. The molecule has 0 spiro atoms. The molecule has 1 fully saturated rings. The minimum atomic E-state index is -0.184. The summed E-state index contributed by atoms with van der Waals surface area (Å²) in [4.78, 5) is 15.1. The van der Waals surface area contributed by atoms with E-state index in [9.17, 15) is 4.79 Å². The van der Waals surface area contributed by atoms with Crippen LogP contribution >= 0.6 is 0 Å². The summed E-state index contributed by atoms with van der Waals surface area (Å²) in [7, 11) is 6.40. The molecule has 1 N–H and O–H groups in total. The summed E-state index contributed by atoms with van der Waals surface area (Å²) < 4.78 is 21.3. The summed E-state index contributed by atoms with van der Waals surface area (Å²) in [5.74, 6) is 2.58. The summed E-state index contributed by atoms with van der Waals surface area (Å²) >= 11 is 0. The number of anilines is 1. The van der Waals surface area contributed by atoms with Crippen molar-refractivity contribution in [3.8, 4) is 23.0 Å². The number of methoxy groups -OCH3 is 4. The van der Waals surface area contributed by atoms with E-state index in [0.29, 0.717) is 35.2 Å². The van der Waals surface area contributed by atoms with Crippen molar-refractivity contribution in [2.75, 3.05) is 40.3 Å². The van der Waals surface area contributed by atoms with E-state index in [1.807, 2.05) is 24.3 Å². The lowest BCUT2D eigenvalue weighted by atomic mass is 10.1. The molecule has 1 heterocycles. The Kier molecular flexibility index (Phi) is 6.82. The van der Waals surface area contributed by atoms with E-state index in [1.54, 1.807) is 40.6 Å². The van der Waals surface area contributed by atoms with Crippen LogP contribution in [-0.2, 0) is 11.3 Å². The molecule has 1 aliphatic rings. The summed E-state index contributed by atoms with van der Waals surface area (Å²) in [5.41, 5.74) is 1.76. The Labute approximate surface area is 171 Å². The lowest BCUT2D eigenvalue weighted by Gasteiger charge is -2.24. The molecule has 29 heavy (non-hydrogen) atoms. The lowest BCUT2D eigenvalue weighted by Crippen LogP contribution is -2.39. The van der Waals surface area contributed by atoms with E-state index in [2.05, 4.69) is 10.2 Å². The van der Waals surface area contributed by atoms with Crippen LogP contribution in [0.5, 0.6) is 23.0 Å². The number of carbonyl (C=O) groups excluding carboxylic acids is 1. The van der Waals surface area contributed by atoms with Gasteiger partial charge >= 0.3 is 0 Å². The number of carbonyl (C=O) groups is 1. The third kappa shape index (κ3) is 4.74. The molecule has 1 atom stereocenters. The van der Waals surface area contributed by atoms with Crippen LogP contribution in [0.1, 0.15) is 18.4 Å². The van der Waals surface area contributed by atoms with Crippen molar-refractivity contribution in [2.24, 2.45) is 0 Å². The van der Waals surface area contributed by atoms with E-state index in [1.165, 1.54) is 0 Å². The van der Waals surface area contributed by atoms with Crippen LogP contribution in [-0.4, -0.2) is 51.8 Å². The fourth-order valence-corrected chi connectivity index (χ4v) is 3.67. The molecule has 0 radical (unpaired) electrons. The third-order valence-electron chi connectivity index (χ3n) is 5.15. The Morgan fingerprint density at radius 1 is 0.931 bits per heavy atom. The number of nitrogens with zero attached hydrogens (tertiary/aromatic N) is 1. The van der Waals surface area contributed by atoms with Gasteiger partial charge in [-0.3, -0.25) is 9.69 Å². The van der Waals surface area contributed by atoms with Gasteiger partial charge in [-0.1, -0.05) is 6.07 Å². The van der Waals surface area contributed by atoms with Gasteiger partial charge in [-0.25, -0.2) is 0 Å². The van der Waals surface area contributed by atoms with E-state index >= 15 is 0 Å². The molecular formula is C22H28N2O5. The lowest BCUT2D eigenvalue weighted by molar-refractivity contribution is -0.120. The molecule has 2 aromatic carbocycles. The first-order valence-electron chi connectivity index (χ1n) is 9.57. The van der Waals surface area contributed by atoms with Gasteiger partial charge in [-0.15, -0.1) is 0 Å². The van der Waals surface area contributed by atoms with Gasteiger partial charge in [0.25, 0.3) is 0 Å². The molecule has 1 saturated heterocycles. The Balaban J connectivity index is 1.69. The van der Waals surface area contributed by atoms with Crippen LogP contribution in [0.15, 0.2) is 36.4 Å². The first-order chi connectivity index (χ1) is 14.1. The minimum Gasteiger partial charge on any atom is -0.493 e. The second kappa shape index (κ2) is 9.52. The van der Waals surface area contributed by atoms with E-state index in [4.69, 9.17) is 18.9 Å². The van der Waals surface area contributed by atoms with Crippen LogP contribution in [0, 0.1) is 0 Å². The van der Waals surface area contributed by atoms with Crippen molar-refractivity contribution >= 4 is 11.6 Å². The number of likely N-dealkylation sites (tertiary alicyclic amines) is 1. The molecule has 2 aromatic rings. The first-order valence-corrected chi connectivity index (χ1v) is 9.57. The SMILES string of the molecule is COc1ccc(CN2CCC[C@H]2C(=O)Nc2ccc(OC)c(OC)c2)cc1OC. The molecule has 0 aliphatic carbocycles. The Morgan fingerprint density at radius 3 is 2.21 bits per heavy atom. The number of amides is 1. The summed E-state index contributed by atoms with van der Waals surface area (Å²) in [6.45, 7) is 1.54. The average Bonchev–Trinajstić information content (AvgIpc) is 3.21. The Hall–Kier alpha value is -2.93. The fourth-order valence-electron chi connectivity index (χ4n) is 3.67. The van der Waals surface area contributed by atoms with Crippen molar-refractivity contribution in [3.05, 3.63) is 42.0 Å². The molecule has 1 aliphatic heterocycles. The van der Waals surface area contributed by atoms with Crippen molar-refractivity contribution in [3.63, 3.8) is 0 Å². The standard InChI is InChI=1S/C22H28N2O5/c1-26-18-9-7-15(12-20(18)28-3)14-24-11-5-6-17(24)22(25)23-16-8-10-19(27-2)21(13-16)29-4/h7-10,12-13,17H,5-6,11,14H2,1-4H3,(H,23,25)/t17-/m0/s1. The van der Waals surface area contributed by atoms with E-state index in [0.717, 1.165) is 24.9 Å².